The second-order valence-corrected chi connectivity index (χ2v) is 11.0. The van der Waals surface area contributed by atoms with E-state index in [1.165, 1.54) is 0 Å². The fourth-order valence-corrected chi connectivity index (χ4v) is 4.97. The molecule has 47 heavy (non-hydrogen) atoms. The predicted molar refractivity (Wildman–Crippen MR) is 167 cm³/mol. The van der Waals surface area contributed by atoms with Gasteiger partial charge in [-0.05, 0) is 41.0 Å². The number of carbonyl (C=O) groups is 6. The highest BCUT2D eigenvalue weighted by Gasteiger charge is 2.32. The SMILES string of the molecule is COC(=O)[C@H](CCC(=O)O)NC(=O)[C@H](CC(=O)O)NC(=O)[C@H](Cc1ccc2ccccc2c1)NC(=O)Cc1nc2cc(Cl)ccc2o1. The minimum atomic E-state index is -1.70. The molecule has 0 saturated carbocycles. The zero-order chi connectivity index (χ0) is 34.1. The van der Waals surface area contributed by atoms with Crippen LogP contribution in [0.2, 0.25) is 5.02 Å². The van der Waals surface area contributed by atoms with Gasteiger partial charge in [0.2, 0.25) is 23.6 Å². The summed E-state index contributed by atoms with van der Waals surface area (Å²) in [7, 11) is 1.04. The van der Waals surface area contributed by atoms with Gasteiger partial charge in [0.1, 0.15) is 30.1 Å². The number of nitrogens with zero attached hydrogens (tertiary/aromatic N) is 1. The molecule has 0 aliphatic rings. The summed E-state index contributed by atoms with van der Waals surface area (Å²) in [5.41, 5.74) is 1.49. The number of methoxy groups -OCH3 is 1. The maximum atomic E-state index is 13.6. The van der Waals surface area contributed by atoms with Gasteiger partial charge in [-0.3, -0.25) is 24.0 Å². The first-order valence-electron chi connectivity index (χ1n) is 14.4. The molecule has 0 aliphatic heterocycles. The molecule has 0 radical (unpaired) electrons. The summed E-state index contributed by atoms with van der Waals surface area (Å²) in [6, 6.07) is 13.3. The van der Waals surface area contributed by atoms with Gasteiger partial charge in [0.05, 0.1) is 13.5 Å². The monoisotopic (exact) mass is 666 g/mol. The molecule has 0 fully saturated rings. The Morgan fingerprint density at radius 3 is 2.26 bits per heavy atom. The summed E-state index contributed by atoms with van der Waals surface area (Å²) in [5, 5.41) is 28.0. The van der Waals surface area contributed by atoms with Crippen molar-refractivity contribution in [2.75, 3.05) is 7.11 Å². The molecule has 246 valence electrons. The van der Waals surface area contributed by atoms with E-state index in [-0.39, 0.29) is 25.2 Å². The van der Waals surface area contributed by atoms with Crippen LogP contribution in [0.4, 0.5) is 0 Å². The lowest BCUT2D eigenvalue weighted by atomic mass is 10.0. The smallest absolute Gasteiger partial charge is 0.328 e. The molecule has 15 heteroatoms. The number of esters is 1. The average Bonchev–Trinajstić information content (AvgIpc) is 3.42. The predicted octanol–water partition coefficient (Wildman–Crippen LogP) is 2.39. The Labute approximate surface area is 272 Å². The second-order valence-electron chi connectivity index (χ2n) is 10.6. The van der Waals surface area contributed by atoms with Crippen LogP contribution in [0.5, 0.6) is 0 Å². The first-order chi connectivity index (χ1) is 22.4. The molecule has 0 unspecified atom stereocenters. The number of ether oxygens (including phenoxy) is 1. The minimum absolute atomic E-state index is 0.0453. The maximum Gasteiger partial charge on any atom is 0.328 e. The van der Waals surface area contributed by atoms with Crippen molar-refractivity contribution in [3.8, 4) is 0 Å². The molecule has 5 N–H and O–H groups in total. The van der Waals surface area contributed by atoms with Gasteiger partial charge in [-0.25, -0.2) is 9.78 Å². The molecular formula is C32H31ClN4O10. The molecular weight excluding hydrogens is 636 g/mol. The van der Waals surface area contributed by atoms with Gasteiger partial charge in [0.25, 0.3) is 0 Å². The van der Waals surface area contributed by atoms with Crippen molar-refractivity contribution in [2.24, 2.45) is 0 Å². The Morgan fingerprint density at radius 2 is 1.55 bits per heavy atom. The fraction of sp³-hybridized carbons (Fsp3) is 0.281. The Bertz CT molecular complexity index is 1820. The van der Waals surface area contributed by atoms with Crippen LogP contribution in [-0.2, 0) is 46.3 Å². The number of amides is 3. The number of benzene rings is 3. The molecule has 14 nitrogen and oxygen atoms in total. The van der Waals surface area contributed by atoms with E-state index in [1.807, 2.05) is 36.4 Å². The zero-order valence-corrected chi connectivity index (χ0v) is 25.8. The van der Waals surface area contributed by atoms with E-state index in [0.717, 1.165) is 17.9 Å². The molecule has 0 saturated heterocycles. The highest BCUT2D eigenvalue weighted by Crippen LogP contribution is 2.21. The van der Waals surface area contributed by atoms with E-state index >= 15 is 0 Å². The number of hydrogen-bond donors (Lipinski definition) is 5. The van der Waals surface area contributed by atoms with E-state index in [2.05, 4.69) is 25.7 Å². The summed E-state index contributed by atoms with van der Waals surface area (Å²) in [6.07, 6.45) is -2.12. The van der Waals surface area contributed by atoms with Crippen molar-refractivity contribution in [1.82, 2.24) is 20.9 Å². The van der Waals surface area contributed by atoms with E-state index in [4.69, 9.17) is 21.1 Å². The number of oxazole rings is 1. The normalized spacial score (nSPS) is 12.9. The van der Waals surface area contributed by atoms with Gasteiger partial charge in [-0.1, -0.05) is 54.1 Å². The van der Waals surface area contributed by atoms with Crippen LogP contribution in [0.1, 0.15) is 30.7 Å². The van der Waals surface area contributed by atoms with Gasteiger partial charge in [0.15, 0.2) is 5.58 Å². The highest BCUT2D eigenvalue weighted by atomic mass is 35.5. The van der Waals surface area contributed by atoms with Crippen molar-refractivity contribution < 1.29 is 48.1 Å². The van der Waals surface area contributed by atoms with Gasteiger partial charge in [0, 0.05) is 17.9 Å². The van der Waals surface area contributed by atoms with Gasteiger partial charge in [-0.15, -0.1) is 0 Å². The number of carbonyl (C=O) groups excluding carboxylic acids is 4. The molecule has 0 aliphatic carbocycles. The summed E-state index contributed by atoms with van der Waals surface area (Å²) in [6.45, 7) is 0. The highest BCUT2D eigenvalue weighted by molar-refractivity contribution is 6.31. The lowest BCUT2D eigenvalue weighted by Crippen LogP contribution is -2.57. The molecule has 3 atom stereocenters. The lowest BCUT2D eigenvalue weighted by molar-refractivity contribution is -0.146. The molecule has 4 aromatic rings. The molecule has 0 bridgehead atoms. The lowest BCUT2D eigenvalue weighted by Gasteiger charge is -2.24. The Kier molecular flexibility index (Phi) is 11.5. The fourth-order valence-electron chi connectivity index (χ4n) is 4.80. The van der Waals surface area contributed by atoms with Gasteiger partial charge in [-0.2, -0.15) is 0 Å². The summed E-state index contributed by atoms with van der Waals surface area (Å²) >= 11 is 6.01. The van der Waals surface area contributed by atoms with Gasteiger partial charge >= 0.3 is 17.9 Å². The second kappa shape index (κ2) is 15.7. The first kappa shape index (κ1) is 34.4. The number of rotatable bonds is 15. The van der Waals surface area contributed by atoms with E-state index < -0.39 is 66.6 Å². The van der Waals surface area contributed by atoms with Crippen LogP contribution in [0.15, 0.2) is 65.1 Å². The molecule has 3 amide bonds. The number of aromatic nitrogens is 1. The van der Waals surface area contributed by atoms with Gasteiger partial charge < -0.3 is 35.3 Å². The molecule has 4 rings (SSSR count). The number of nitrogens with one attached hydrogen (secondary N) is 3. The summed E-state index contributed by atoms with van der Waals surface area (Å²) < 4.78 is 10.2. The topological polar surface area (TPSA) is 214 Å². The summed E-state index contributed by atoms with van der Waals surface area (Å²) in [5.74, 6) is -6.19. The Morgan fingerprint density at radius 1 is 0.851 bits per heavy atom. The van der Waals surface area contributed by atoms with Crippen LogP contribution in [0.25, 0.3) is 21.9 Å². The van der Waals surface area contributed by atoms with Crippen LogP contribution in [0, 0.1) is 0 Å². The van der Waals surface area contributed by atoms with Crippen molar-refractivity contribution >= 4 is 69.1 Å². The number of carboxylic acids is 2. The van der Waals surface area contributed by atoms with Crippen molar-refractivity contribution in [3.63, 3.8) is 0 Å². The molecule has 0 spiro atoms. The van der Waals surface area contributed by atoms with E-state index in [0.29, 0.717) is 21.7 Å². The average molecular weight is 667 g/mol. The number of aliphatic carboxylic acids is 2. The Hall–Kier alpha value is -5.50. The third-order valence-electron chi connectivity index (χ3n) is 7.07. The maximum absolute atomic E-state index is 13.6. The largest absolute Gasteiger partial charge is 0.481 e. The minimum Gasteiger partial charge on any atom is -0.481 e. The van der Waals surface area contributed by atoms with Crippen molar-refractivity contribution in [1.29, 1.82) is 0 Å². The van der Waals surface area contributed by atoms with Crippen molar-refractivity contribution in [3.05, 3.63) is 77.1 Å². The molecule has 1 aromatic heterocycles. The Balaban J connectivity index is 1.56. The van der Waals surface area contributed by atoms with Crippen LogP contribution in [0.3, 0.4) is 0 Å². The van der Waals surface area contributed by atoms with Crippen LogP contribution < -0.4 is 16.0 Å². The van der Waals surface area contributed by atoms with Crippen LogP contribution >= 0.6 is 11.6 Å². The third kappa shape index (κ3) is 9.74. The third-order valence-corrected chi connectivity index (χ3v) is 7.31. The summed E-state index contributed by atoms with van der Waals surface area (Å²) in [4.78, 5) is 79.1. The quantitative estimate of drug-likeness (QED) is 0.116. The van der Waals surface area contributed by atoms with Crippen molar-refractivity contribution in [2.45, 2.75) is 50.2 Å². The number of hydrogen-bond acceptors (Lipinski definition) is 9. The standard InChI is InChI=1S/C32H31ClN4O10/c1-46-32(45)21(9-11-28(39)40)36-31(44)24(15-29(41)42)37-30(43)23(13-17-6-7-18-4-2-3-5-19(18)12-17)34-26(38)16-27-35-22-14-20(33)8-10-25(22)47-27/h2-8,10,12,14,21,23-24H,9,11,13,15-16H2,1H3,(H,34,38)(H,36,44)(H,37,43)(H,39,40)(H,41,42)/t21-,23-,24-/m0/s1. The van der Waals surface area contributed by atoms with E-state index in [9.17, 15) is 33.9 Å². The molecule has 1 heterocycles. The van der Waals surface area contributed by atoms with E-state index in [1.54, 1.807) is 24.3 Å². The zero-order valence-electron chi connectivity index (χ0n) is 25.0. The first-order valence-corrected chi connectivity index (χ1v) is 14.7. The molecule has 3 aromatic carbocycles. The number of halogens is 1. The number of carboxylic acid groups (broad SMARTS) is 2. The number of fused-ring (bicyclic) bond motifs is 2. The van der Waals surface area contributed by atoms with Crippen LogP contribution in [-0.4, -0.2) is 76.1 Å².